The number of carbonyl (C=O) groups is 5. The Bertz CT molecular complexity index is 936. The molecule has 5 amide bonds. The molecule has 1 aliphatic rings. The smallest absolute Gasteiger partial charge is 0.243 e. The lowest BCUT2D eigenvalue weighted by molar-refractivity contribution is -0.143. The van der Waals surface area contributed by atoms with E-state index in [2.05, 4.69) is 16.0 Å². The number of amides is 5. The van der Waals surface area contributed by atoms with Gasteiger partial charge in [0, 0.05) is 13.0 Å². The summed E-state index contributed by atoms with van der Waals surface area (Å²) in [5, 5.41) is 7.90. The highest BCUT2D eigenvalue weighted by Gasteiger charge is 2.35. The Morgan fingerprint density at radius 2 is 1.72 bits per heavy atom. The van der Waals surface area contributed by atoms with E-state index < -0.39 is 41.8 Å². The number of nitrogens with two attached hydrogens (primary N) is 1. The second kappa shape index (κ2) is 13.6. The molecule has 1 aromatic rings. The van der Waals surface area contributed by atoms with E-state index in [1.165, 1.54) is 4.90 Å². The molecule has 1 aliphatic heterocycles. The van der Waals surface area contributed by atoms with E-state index in [1.54, 1.807) is 0 Å². The number of hydrogen-bond donors (Lipinski definition) is 4. The van der Waals surface area contributed by atoms with E-state index in [9.17, 15) is 24.0 Å². The average Bonchev–Trinajstić information content (AvgIpc) is 2.84. The number of hydrogen-bond acceptors (Lipinski definition) is 5. The third kappa shape index (κ3) is 8.35. The van der Waals surface area contributed by atoms with Crippen LogP contribution in [0.5, 0.6) is 0 Å². The molecule has 10 nitrogen and oxygen atoms in total. The zero-order chi connectivity index (χ0) is 26.8. The molecule has 5 N–H and O–H groups in total. The van der Waals surface area contributed by atoms with Crippen LogP contribution in [0.3, 0.4) is 0 Å². The second-order valence-corrected chi connectivity index (χ2v) is 9.80. The summed E-state index contributed by atoms with van der Waals surface area (Å²) in [4.78, 5) is 66.0. The van der Waals surface area contributed by atoms with Crippen LogP contribution in [0, 0.1) is 11.8 Å². The lowest BCUT2D eigenvalue weighted by Gasteiger charge is -2.34. The van der Waals surface area contributed by atoms with Crippen molar-refractivity contribution in [1.82, 2.24) is 20.9 Å². The van der Waals surface area contributed by atoms with Crippen LogP contribution in [0.4, 0.5) is 0 Å². The van der Waals surface area contributed by atoms with Crippen molar-refractivity contribution in [2.45, 2.75) is 78.0 Å². The maximum Gasteiger partial charge on any atom is 0.243 e. The Labute approximate surface area is 212 Å². The summed E-state index contributed by atoms with van der Waals surface area (Å²) in [7, 11) is 0. The van der Waals surface area contributed by atoms with Crippen LogP contribution in [-0.2, 0) is 30.5 Å². The second-order valence-electron chi connectivity index (χ2n) is 9.80. The van der Waals surface area contributed by atoms with E-state index in [0.29, 0.717) is 12.8 Å². The minimum atomic E-state index is -1.08. The van der Waals surface area contributed by atoms with E-state index >= 15 is 0 Å². The highest BCUT2D eigenvalue weighted by Crippen LogP contribution is 2.19. The van der Waals surface area contributed by atoms with Gasteiger partial charge in [-0.15, -0.1) is 0 Å². The van der Waals surface area contributed by atoms with Crippen molar-refractivity contribution in [1.29, 1.82) is 0 Å². The molecule has 0 aromatic heterocycles. The molecular weight excluding hydrogens is 462 g/mol. The molecule has 1 fully saturated rings. The van der Waals surface area contributed by atoms with Gasteiger partial charge in [-0.25, -0.2) is 0 Å². The lowest BCUT2D eigenvalue weighted by atomic mass is 9.95. The summed E-state index contributed by atoms with van der Waals surface area (Å²) in [6.45, 7) is 7.45. The van der Waals surface area contributed by atoms with Crippen molar-refractivity contribution in [3.05, 3.63) is 35.9 Å². The van der Waals surface area contributed by atoms with Gasteiger partial charge in [-0.2, -0.15) is 0 Å². The van der Waals surface area contributed by atoms with Gasteiger partial charge < -0.3 is 26.6 Å². The van der Waals surface area contributed by atoms with Crippen LogP contribution in [0.25, 0.3) is 0 Å². The van der Waals surface area contributed by atoms with Crippen molar-refractivity contribution in [2.75, 3.05) is 6.54 Å². The minimum absolute atomic E-state index is 0.0232. The quantitative estimate of drug-likeness (QED) is 0.437. The molecule has 0 spiro atoms. The van der Waals surface area contributed by atoms with Crippen molar-refractivity contribution in [3.63, 3.8) is 0 Å². The van der Waals surface area contributed by atoms with E-state index in [4.69, 9.17) is 5.73 Å². The molecule has 1 aromatic carbocycles. The normalized spacial score (nSPS) is 23.4. The van der Waals surface area contributed by atoms with Crippen LogP contribution < -0.4 is 21.7 Å². The zero-order valence-corrected chi connectivity index (χ0v) is 21.6. The predicted molar refractivity (Wildman–Crippen MR) is 135 cm³/mol. The molecule has 4 atom stereocenters. The maximum absolute atomic E-state index is 13.6. The van der Waals surface area contributed by atoms with E-state index in [-0.39, 0.29) is 43.7 Å². The van der Waals surface area contributed by atoms with Crippen LogP contribution in [-0.4, -0.2) is 59.1 Å². The first-order chi connectivity index (χ1) is 17.0. The van der Waals surface area contributed by atoms with Gasteiger partial charge in [0.2, 0.25) is 29.5 Å². The van der Waals surface area contributed by atoms with E-state index in [1.807, 2.05) is 58.0 Å². The molecule has 0 saturated carbocycles. The molecule has 1 heterocycles. The molecule has 2 rings (SSSR count). The van der Waals surface area contributed by atoms with Crippen LogP contribution in [0.1, 0.15) is 58.9 Å². The van der Waals surface area contributed by atoms with Gasteiger partial charge in [0.15, 0.2) is 0 Å². The number of nitrogens with zero attached hydrogens (tertiary/aromatic N) is 1. The average molecular weight is 502 g/mol. The van der Waals surface area contributed by atoms with Gasteiger partial charge in [-0.3, -0.25) is 24.0 Å². The Kier molecular flexibility index (Phi) is 10.9. The Balaban J connectivity index is 2.51. The van der Waals surface area contributed by atoms with Gasteiger partial charge in [0.05, 0.1) is 6.54 Å². The van der Waals surface area contributed by atoms with Crippen LogP contribution in [0.2, 0.25) is 0 Å². The van der Waals surface area contributed by atoms with Gasteiger partial charge in [0.1, 0.15) is 18.1 Å². The largest absolute Gasteiger partial charge is 0.368 e. The minimum Gasteiger partial charge on any atom is -0.368 e. The van der Waals surface area contributed by atoms with Crippen molar-refractivity contribution < 1.29 is 24.0 Å². The molecule has 0 unspecified atom stereocenters. The summed E-state index contributed by atoms with van der Waals surface area (Å²) in [5.74, 6) is -2.81. The highest BCUT2D eigenvalue weighted by atomic mass is 16.2. The van der Waals surface area contributed by atoms with Crippen molar-refractivity contribution >= 4 is 29.5 Å². The van der Waals surface area contributed by atoms with Crippen LogP contribution >= 0.6 is 0 Å². The zero-order valence-electron chi connectivity index (χ0n) is 21.6. The fraction of sp³-hybridized carbons (Fsp3) is 0.577. The first-order valence-corrected chi connectivity index (χ1v) is 12.5. The topological polar surface area (TPSA) is 151 Å². The van der Waals surface area contributed by atoms with Gasteiger partial charge in [0.25, 0.3) is 0 Å². The molecule has 10 heteroatoms. The van der Waals surface area contributed by atoms with Gasteiger partial charge in [-0.05, 0) is 30.2 Å². The standard InChI is InChI=1S/C26H39N5O5/c1-5-17(4)23-26(36)28-14-21(32)29-19(24(27)34)11-12-22(33)31(15-18-9-7-6-8-10-18)20(13-16(2)3)25(35)30-23/h6-10,16-17,19-20,23H,5,11-15H2,1-4H3,(H2,27,34)(H,28,36)(H,29,32)(H,30,35)/t17-,19-,20-,23-/m0/s1. The fourth-order valence-electron chi connectivity index (χ4n) is 4.15. The molecule has 0 bridgehead atoms. The monoisotopic (exact) mass is 501 g/mol. The molecular formula is C26H39N5O5. The summed E-state index contributed by atoms with van der Waals surface area (Å²) in [5.41, 5.74) is 6.30. The van der Waals surface area contributed by atoms with Gasteiger partial charge in [-0.1, -0.05) is 64.4 Å². The van der Waals surface area contributed by atoms with E-state index in [0.717, 1.165) is 5.56 Å². The molecule has 198 valence electrons. The number of primary amides is 1. The fourth-order valence-corrected chi connectivity index (χ4v) is 4.15. The first-order valence-electron chi connectivity index (χ1n) is 12.5. The number of benzene rings is 1. The Hall–Kier alpha value is -3.43. The summed E-state index contributed by atoms with van der Waals surface area (Å²) < 4.78 is 0. The summed E-state index contributed by atoms with van der Waals surface area (Å²) in [6.07, 6.45) is 0.874. The van der Waals surface area contributed by atoms with Crippen molar-refractivity contribution in [2.24, 2.45) is 17.6 Å². The Morgan fingerprint density at radius 3 is 2.31 bits per heavy atom. The number of carbonyl (C=O) groups excluding carboxylic acids is 5. The highest BCUT2D eigenvalue weighted by molar-refractivity contribution is 5.95. The van der Waals surface area contributed by atoms with Crippen molar-refractivity contribution in [3.8, 4) is 0 Å². The number of nitrogens with one attached hydrogen (secondary N) is 3. The SMILES string of the molecule is CC[C@H](C)[C@@H]1NC(=O)[C@H](CC(C)C)N(Cc2ccccc2)C(=O)CC[C@@H](C(N)=O)NC(=O)CNC1=O. The first kappa shape index (κ1) is 28.8. The third-order valence-corrected chi connectivity index (χ3v) is 6.43. The predicted octanol–water partition coefficient (Wildman–Crippen LogP) is 0.841. The lowest BCUT2D eigenvalue weighted by Crippen LogP contribution is -2.58. The summed E-state index contributed by atoms with van der Waals surface area (Å²) >= 11 is 0. The Morgan fingerprint density at radius 1 is 1.06 bits per heavy atom. The molecule has 36 heavy (non-hydrogen) atoms. The molecule has 0 radical (unpaired) electrons. The summed E-state index contributed by atoms with van der Waals surface area (Å²) in [6, 6.07) is 6.49. The van der Waals surface area contributed by atoms with Gasteiger partial charge >= 0.3 is 0 Å². The molecule has 1 saturated heterocycles. The third-order valence-electron chi connectivity index (χ3n) is 6.43. The maximum atomic E-state index is 13.6. The number of rotatable bonds is 7. The molecule has 0 aliphatic carbocycles. The van der Waals surface area contributed by atoms with Crippen LogP contribution in [0.15, 0.2) is 30.3 Å².